The molecule has 3 aromatic rings. The summed E-state index contributed by atoms with van der Waals surface area (Å²) in [6.45, 7) is 1.23. The highest BCUT2D eigenvalue weighted by atomic mass is 32.2. The van der Waals surface area contributed by atoms with Crippen LogP contribution in [0.1, 0.15) is 33.6 Å². The van der Waals surface area contributed by atoms with E-state index < -0.39 is 12.0 Å². The van der Waals surface area contributed by atoms with Gasteiger partial charge in [-0.25, -0.2) is 9.69 Å². The van der Waals surface area contributed by atoms with E-state index in [0.29, 0.717) is 40.2 Å². The number of methoxy groups -OCH3 is 5. The summed E-state index contributed by atoms with van der Waals surface area (Å²) in [5, 5.41) is 0.151. The molecule has 1 aliphatic rings. The van der Waals surface area contributed by atoms with Crippen molar-refractivity contribution in [2.75, 3.05) is 54.5 Å². The van der Waals surface area contributed by atoms with Crippen molar-refractivity contribution >= 4 is 35.5 Å². The van der Waals surface area contributed by atoms with Crippen molar-refractivity contribution in [1.29, 1.82) is 0 Å². The Balaban J connectivity index is 1.41. The van der Waals surface area contributed by atoms with Gasteiger partial charge >= 0.3 is 6.09 Å². The average molecular weight is 645 g/mol. The van der Waals surface area contributed by atoms with Crippen LogP contribution in [0.25, 0.3) is 0 Å². The number of carbonyl (C=O) groups is 2. The zero-order valence-electron chi connectivity index (χ0n) is 25.5. The number of ether oxygens (including phenoxy) is 7. The number of amides is 2. The zero-order chi connectivity index (χ0) is 31.6. The van der Waals surface area contributed by atoms with E-state index >= 15 is 0 Å². The topological polar surface area (TPSA) is 115 Å². The van der Waals surface area contributed by atoms with Gasteiger partial charge in [-0.2, -0.15) is 0 Å². The molecule has 2 atom stereocenters. The van der Waals surface area contributed by atoms with Gasteiger partial charge in [0.2, 0.25) is 17.4 Å². The summed E-state index contributed by atoms with van der Waals surface area (Å²) in [6, 6.07) is 13.1. The molecular formula is C31H36N2O9S2. The summed E-state index contributed by atoms with van der Waals surface area (Å²) >= 11 is 3.63. The number of imide groups is 1. The molecule has 11 nitrogen and oxygen atoms in total. The molecule has 2 aromatic carbocycles. The average Bonchev–Trinajstić information content (AvgIpc) is 3.55. The quantitative estimate of drug-likeness (QED) is 0.206. The lowest BCUT2D eigenvalue weighted by atomic mass is 10.1. The van der Waals surface area contributed by atoms with Crippen molar-refractivity contribution in [3.63, 3.8) is 0 Å². The Hall–Kier alpha value is -3.97. The number of rotatable bonds is 13. The van der Waals surface area contributed by atoms with Gasteiger partial charge in [-0.3, -0.25) is 9.78 Å². The number of hydrogen-bond acceptors (Lipinski definition) is 12. The molecule has 2 unspecified atom stereocenters. The second-order valence-electron chi connectivity index (χ2n) is 9.39. The highest BCUT2D eigenvalue weighted by Crippen LogP contribution is 2.58. The standard InChI is InChI=1S/C31H36N2O9S2/c1-19(34)33(17-22-9-7-8-10-32-22)31(35)42-12-11-41-29-25(38-4)13-20(14-26(29)39-5)27-18-43-30(44-27)21-15-23(36-2)28(40-6)24(16-21)37-3/h7-10,13-16,27,30H,11-12,17-18H2,1-6H3. The molecule has 1 aliphatic heterocycles. The molecule has 13 heteroatoms. The number of aromatic nitrogens is 1. The van der Waals surface area contributed by atoms with E-state index in [1.54, 1.807) is 59.9 Å². The minimum absolute atomic E-state index is 0.0108. The van der Waals surface area contributed by atoms with E-state index in [1.165, 1.54) is 6.92 Å². The summed E-state index contributed by atoms with van der Waals surface area (Å²) in [5.74, 6) is 3.58. The fourth-order valence-corrected chi connectivity index (χ4v) is 7.78. The van der Waals surface area contributed by atoms with Crippen molar-refractivity contribution in [2.24, 2.45) is 0 Å². The van der Waals surface area contributed by atoms with Crippen molar-refractivity contribution in [1.82, 2.24) is 9.88 Å². The smallest absolute Gasteiger partial charge is 0.417 e. The van der Waals surface area contributed by atoms with Gasteiger partial charge in [0, 0.05) is 24.1 Å². The molecule has 1 aromatic heterocycles. The van der Waals surface area contributed by atoms with Gasteiger partial charge in [0.15, 0.2) is 23.0 Å². The summed E-state index contributed by atoms with van der Waals surface area (Å²) in [5.41, 5.74) is 2.66. The molecule has 0 bridgehead atoms. The lowest BCUT2D eigenvalue weighted by Crippen LogP contribution is -2.36. The summed E-state index contributed by atoms with van der Waals surface area (Å²) in [4.78, 5) is 29.8. The maximum atomic E-state index is 12.6. The Morgan fingerprint density at radius 1 is 0.841 bits per heavy atom. The summed E-state index contributed by atoms with van der Waals surface area (Å²) in [7, 11) is 7.92. The highest BCUT2D eigenvalue weighted by Gasteiger charge is 2.32. The first kappa shape index (κ1) is 32.9. The van der Waals surface area contributed by atoms with Gasteiger partial charge in [-0.15, -0.1) is 23.5 Å². The van der Waals surface area contributed by atoms with Crippen LogP contribution < -0.4 is 28.4 Å². The Labute approximate surface area is 265 Å². The number of carbonyl (C=O) groups excluding carboxylic acids is 2. The van der Waals surface area contributed by atoms with Crippen LogP contribution in [-0.4, -0.2) is 76.4 Å². The molecule has 0 aliphatic carbocycles. The highest BCUT2D eigenvalue weighted by molar-refractivity contribution is 8.19. The first-order chi connectivity index (χ1) is 21.3. The van der Waals surface area contributed by atoms with Crippen LogP contribution >= 0.6 is 23.5 Å². The molecule has 0 saturated carbocycles. The molecule has 2 heterocycles. The second-order valence-corrected chi connectivity index (χ2v) is 12.1. The molecule has 4 rings (SSSR count). The van der Waals surface area contributed by atoms with E-state index in [9.17, 15) is 9.59 Å². The van der Waals surface area contributed by atoms with Crippen LogP contribution in [0.3, 0.4) is 0 Å². The second kappa shape index (κ2) is 15.7. The predicted molar refractivity (Wildman–Crippen MR) is 168 cm³/mol. The minimum Gasteiger partial charge on any atom is -0.493 e. The minimum atomic E-state index is -0.779. The van der Waals surface area contributed by atoms with Crippen molar-refractivity contribution in [3.05, 3.63) is 65.5 Å². The predicted octanol–water partition coefficient (Wildman–Crippen LogP) is 5.91. The first-order valence-electron chi connectivity index (χ1n) is 13.6. The normalized spacial score (nSPS) is 15.7. The third-order valence-corrected chi connectivity index (χ3v) is 10.0. The van der Waals surface area contributed by atoms with Crippen molar-refractivity contribution < 1.29 is 42.7 Å². The SMILES string of the molecule is COc1cc(C2SCC(c3cc(OC)c(OCCOC(=O)N(Cc4ccccn4)C(C)=O)c(OC)c3)S2)cc(OC)c1OC. The molecule has 0 spiro atoms. The molecule has 2 amide bonds. The van der Waals surface area contributed by atoms with Crippen LogP contribution in [0, 0.1) is 0 Å². The largest absolute Gasteiger partial charge is 0.493 e. The van der Waals surface area contributed by atoms with Gasteiger partial charge in [0.1, 0.15) is 13.2 Å². The van der Waals surface area contributed by atoms with Gasteiger partial charge in [0.25, 0.3) is 0 Å². The molecule has 236 valence electrons. The number of hydrogen-bond donors (Lipinski definition) is 0. The molecular weight excluding hydrogens is 608 g/mol. The Morgan fingerprint density at radius 3 is 2.00 bits per heavy atom. The fourth-order valence-electron chi connectivity index (χ4n) is 4.53. The Kier molecular flexibility index (Phi) is 11.7. The molecule has 0 N–H and O–H groups in total. The van der Waals surface area contributed by atoms with Gasteiger partial charge < -0.3 is 33.2 Å². The first-order valence-corrected chi connectivity index (χ1v) is 15.6. The van der Waals surface area contributed by atoms with Crippen LogP contribution in [0.2, 0.25) is 0 Å². The lowest BCUT2D eigenvalue weighted by molar-refractivity contribution is -0.127. The molecule has 44 heavy (non-hydrogen) atoms. The Bertz CT molecular complexity index is 1390. The number of benzene rings is 2. The monoisotopic (exact) mass is 644 g/mol. The fraction of sp³-hybridized carbons (Fsp3) is 0.387. The number of pyridine rings is 1. The van der Waals surface area contributed by atoms with Crippen LogP contribution in [0.4, 0.5) is 4.79 Å². The van der Waals surface area contributed by atoms with Crippen LogP contribution in [0.15, 0.2) is 48.7 Å². The van der Waals surface area contributed by atoms with Crippen molar-refractivity contribution in [3.8, 4) is 34.5 Å². The van der Waals surface area contributed by atoms with Gasteiger partial charge in [-0.05, 0) is 47.5 Å². The number of thioether (sulfide) groups is 2. The third kappa shape index (κ3) is 7.75. The lowest BCUT2D eigenvalue weighted by Gasteiger charge is -2.20. The summed E-state index contributed by atoms with van der Waals surface area (Å²) in [6.07, 6.45) is 0.815. The maximum Gasteiger partial charge on any atom is 0.417 e. The Morgan fingerprint density at radius 2 is 1.45 bits per heavy atom. The number of nitrogens with zero attached hydrogens (tertiary/aromatic N) is 2. The van der Waals surface area contributed by atoms with Crippen LogP contribution in [0.5, 0.6) is 34.5 Å². The van der Waals surface area contributed by atoms with E-state index in [1.807, 2.05) is 47.8 Å². The van der Waals surface area contributed by atoms with Crippen molar-refractivity contribution in [2.45, 2.75) is 23.3 Å². The summed E-state index contributed by atoms with van der Waals surface area (Å²) < 4.78 is 39.3. The molecule has 1 saturated heterocycles. The van der Waals surface area contributed by atoms with Gasteiger partial charge in [-0.1, -0.05) is 6.07 Å². The van der Waals surface area contributed by atoms with E-state index in [-0.39, 0.29) is 29.6 Å². The zero-order valence-corrected chi connectivity index (χ0v) is 27.1. The van der Waals surface area contributed by atoms with E-state index in [4.69, 9.17) is 33.2 Å². The van der Waals surface area contributed by atoms with E-state index in [0.717, 1.165) is 21.8 Å². The molecule has 1 fully saturated rings. The maximum absolute atomic E-state index is 12.6. The molecule has 0 radical (unpaired) electrons. The van der Waals surface area contributed by atoms with Crippen LogP contribution in [-0.2, 0) is 16.1 Å². The third-order valence-electron chi connectivity index (χ3n) is 6.70. The van der Waals surface area contributed by atoms with Gasteiger partial charge in [0.05, 0.1) is 52.4 Å². The van der Waals surface area contributed by atoms with E-state index in [2.05, 4.69) is 4.98 Å².